The number of rotatable bonds is 2. The van der Waals surface area contributed by atoms with Crippen LogP contribution < -0.4 is 5.32 Å². The molecule has 2 rings (SSSR count). The maximum atomic E-state index is 9.17. The topological polar surface area (TPSA) is 35.5 Å². The molecule has 2 aliphatic rings. The van der Waals surface area contributed by atoms with Crippen LogP contribution in [0, 0.1) is 5.92 Å². The van der Waals surface area contributed by atoms with Crippen molar-refractivity contribution >= 4 is 24.8 Å². The lowest BCUT2D eigenvalue weighted by molar-refractivity contribution is 0.0751. The van der Waals surface area contributed by atoms with E-state index < -0.39 is 0 Å². The molecule has 0 unspecified atom stereocenters. The summed E-state index contributed by atoms with van der Waals surface area (Å²) in [5, 5.41) is 12.6. The number of likely N-dealkylation sites (tertiary alicyclic amines) is 1. The fraction of sp³-hybridized carbons (Fsp3) is 1.00. The number of halogens is 2. The van der Waals surface area contributed by atoms with Gasteiger partial charge in [0.25, 0.3) is 0 Å². The van der Waals surface area contributed by atoms with Gasteiger partial charge in [-0.2, -0.15) is 0 Å². The summed E-state index contributed by atoms with van der Waals surface area (Å²) in [4.78, 5) is 2.60. The van der Waals surface area contributed by atoms with Crippen molar-refractivity contribution in [1.29, 1.82) is 0 Å². The van der Waals surface area contributed by atoms with Crippen molar-refractivity contribution in [1.82, 2.24) is 10.2 Å². The van der Waals surface area contributed by atoms with E-state index in [1.54, 1.807) is 0 Å². The van der Waals surface area contributed by atoms with Gasteiger partial charge in [-0.25, -0.2) is 0 Å². The van der Waals surface area contributed by atoms with E-state index in [9.17, 15) is 0 Å². The van der Waals surface area contributed by atoms with Gasteiger partial charge in [0.1, 0.15) is 0 Å². The zero-order chi connectivity index (χ0) is 9.80. The summed E-state index contributed by atoms with van der Waals surface area (Å²) < 4.78 is 0. The average Bonchev–Trinajstić information content (AvgIpc) is 2.30. The van der Waals surface area contributed by atoms with E-state index in [4.69, 9.17) is 5.11 Å². The molecule has 0 aromatic carbocycles. The Kier molecular flexibility index (Phi) is 8.78. The minimum atomic E-state index is 0. The number of hydrogen-bond acceptors (Lipinski definition) is 3. The Labute approximate surface area is 111 Å². The molecule has 5 heteroatoms. The molecule has 2 heterocycles. The summed E-state index contributed by atoms with van der Waals surface area (Å²) in [7, 11) is 0. The first-order valence-corrected chi connectivity index (χ1v) is 5.96. The smallest absolute Gasteiger partial charge is 0.0471 e. The number of aliphatic hydroxyl groups is 1. The van der Waals surface area contributed by atoms with E-state index >= 15 is 0 Å². The molecule has 16 heavy (non-hydrogen) atoms. The molecule has 0 aromatic rings. The van der Waals surface area contributed by atoms with Gasteiger partial charge in [0.2, 0.25) is 0 Å². The molecule has 0 amide bonds. The predicted molar refractivity (Wildman–Crippen MR) is 71.8 cm³/mol. The minimum absolute atomic E-state index is 0. The normalized spacial score (nSPS) is 27.9. The molecule has 1 atom stereocenters. The second-order valence-electron chi connectivity index (χ2n) is 4.67. The lowest BCUT2D eigenvalue weighted by Crippen LogP contribution is -2.47. The summed E-state index contributed by atoms with van der Waals surface area (Å²) in [5.74, 6) is 0.540. The second-order valence-corrected chi connectivity index (χ2v) is 4.67. The van der Waals surface area contributed by atoms with Crippen LogP contribution in [0.2, 0.25) is 0 Å². The molecule has 0 radical (unpaired) electrons. The zero-order valence-corrected chi connectivity index (χ0v) is 11.4. The Balaban J connectivity index is 0.00000112. The summed E-state index contributed by atoms with van der Waals surface area (Å²) in [5.41, 5.74) is 0. The van der Waals surface area contributed by atoms with Crippen LogP contribution in [0.3, 0.4) is 0 Å². The summed E-state index contributed by atoms with van der Waals surface area (Å²) >= 11 is 0. The molecular formula is C11H24Cl2N2O. The highest BCUT2D eigenvalue weighted by molar-refractivity contribution is 5.85. The van der Waals surface area contributed by atoms with Crippen molar-refractivity contribution < 1.29 is 5.11 Å². The van der Waals surface area contributed by atoms with E-state index in [-0.39, 0.29) is 24.8 Å². The van der Waals surface area contributed by atoms with Gasteiger partial charge >= 0.3 is 0 Å². The first kappa shape index (κ1) is 16.5. The molecular weight excluding hydrogens is 247 g/mol. The van der Waals surface area contributed by atoms with Gasteiger partial charge in [0, 0.05) is 19.2 Å². The summed E-state index contributed by atoms with van der Waals surface area (Å²) in [6, 6.07) is 0.783. The third-order valence-corrected chi connectivity index (χ3v) is 3.63. The highest BCUT2D eigenvalue weighted by Gasteiger charge is 2.26. The molecule has 2 N–H and O–H groups in total. The Morgan fingerprint density at radius 2 is 1.81 bits per heavy atom. The fourth-order valence-electron chi connectivity index (χ4n) is 2.75. The van der Waals surface area contributed by atoms with E-state index in [0.29, 0.717) is 12.5 Å². The van der Waals surface area contributed by atoms with Crippen molar-refractivity contribution in [2.75, 3.05) is 32.8 Å². The van der Waals surface area contributed by atoms with Crippen LogP contribution in [-0.2, 0) is 0 Å². The van der Waals surface area contributed by atoms with Gasteiger partial charge in [-0.15, -0.1) is 24.8 Å². The zero-order valence-electron chi connectivity index (χ0n) is 9.73. The molecule has 98 valence electrons. The van der Waals surface area contributed by atoms with Crippen LogP contribution in [0.1, 0.15) is 25.7 Å². The van der Waals surface area contributed by atoms with Crippen molar-refractivity contribution in [3.05, 3.63) is 0 Å². The molecule has 0 bridgehead atoms. The standard InChI is InChI=1S/C11H22N2O.2ClH/c14-9-10-2-1-7-13(8-10)11-3-5-12-6-4-11;;/h10-12,14H,1-9H2;2*1H/t10-;;/m0../s1. The van der Waals surface area contributed by atoms with Crippen LogP contribution in [0.25, 0.3) is 0 Å². The van der Waals surface area contributed by atoms with Crippen molar-refractivity contribution in [2.45, 2.75) is 31.7 Å². The largest absolute Gasteiger partial charge is 0.396 e. The quantitative estimate of drug-likeness (QED) is 0.794. The molecule has 0 aliphatic carbocycles. The third-order valence-electron chi connectivity index (χ3n) is 3.63. The average molecular weight is 271 g/mol. The van der Waals surface area contributed by atoms with Crippen LogP contribution in [0.4, 0.5) is 0 Å². The molecule has 2 fully saturated rings. The van der Waals surface area contributed by atoms with Gasteiger partial charge in [-0.05, 0) is 51.2 Å². The molecule has 0 aromatic heterocycles. The molecule has 0 spiro atoms. The monoisotopic (exact) mass is 270 g/mol. The number of aliphatic hydroxyl groups excluding tert-OH is 1. The Morgan fingerprint density at radius 1 is 1.12 bits per heavy atom. The highest BCUT2D eigenvalue weighted by Crippen LogP contribution is 2.21. The van der Waals surface area contributed by atoms with E-state index in [1.807, 2.05) is 0 Å². The van der Waals surface area contributed by atoms with Crippen LogP contribution in [-0.4, -0.2) is 48.8 Å². The van der Waals surface area contributed by atoms with Crippen LogP contribution in [0.15, 0.2) is 0 Å². The predicted octanol–water partition coefficient (Wildman–Crippen LogP) is 1.29. The lowest BCUT2D eigenvalue weighted by atomic mass is 9.95. The summed E-state index contributed by atoms with van der Waals surface area (Å²) in [6.07, 6.45) is 5.07. The molecule has 0 saturated carbocycles. The van der Waals surface area contributed by atoms with E-state index in [2.05, 4.69) is 10.2 Å². The molecule has 2 saturated heterocycles. The number of piperidine rings is 2. The fourth-order valence-corrected chi connectivity index (χ4v) is 2.75. The van der Waals surface area contributed by atoms with Gasteiger partial charge in [0.15, 0.2) is 0 Å². The summed E-state index contributed by atoms with van der Waals surface area (Å²) in [6.45, 7) is 5.10. The SMILES string of the molecule is Cl.Cl.OC[C@H]1CCCN(C2CCNCC2)C1. The van der Waals surface area contributed by atoms with E-state index in [1.165, 1.54) is 45.3 Å². The van der Waals surface area contributed by atoms with Crippen LogP contribution in [0.5, 0.6) is 0 Å². The Morgan fingerprint density at radius 3 is 2.44 bits per heavy atom. The Hall–Kier alpha value is 0.460. The number of hydrogen-bond donors (Lipinski definition) is 2. The number of nitrogens with zero attached hydrogens (tertiary/aromatic N) is 1. The lowest BCUT2D eigenvalue weighted by Gasteiger charge is -2.39. The molecule has 3 nitrogen and oxygen atoms in total. The minimum Gasteiger partial charge on any atom is -0.396 e. The van der Waals surface area contributed by atoms with Gasteiger partial charge in [0.05, 0.1) is 0 Å². The third kappa shape index (κ3) is 4.38. The highest BCUT2D eigenvalue weighted by atomic mass is 35.5. The Bertz CT molecular complexity index is 177. The van der Waals surface area contributed by atoms with Crippen molar-refractivity contribution in [3.63, 3.8) is 0 Å². The molecule has 2 aliphatic heterocycles. The second kappa shape index (κ2) is 8.54. The maximum Gasteiger partial charge on any atom is 0.0471 e. The number of nitrogens with one attached hydrogen (secondary N) is 1. The van der Waals surface area contributed by atoms with Gasteiger partial charge in [-0.1, -0.05) is 0 Å². The first-order chi connectivity index (χ1) is 6.90. The van der Waals surface area contributed by atoms with E-state index in [0.717, 1.165) is 12.6 Å². The van der Waals surface area contributed by atoms with Crippen molar-refractivity contribution in [3.8, 4) is 0 Å². The van der Waals surface area contributed by atoms with Crippen molar-refractivity contribution in [2.24, 2.45) is 5.92 Å². The van der Waals surface area contributed by atoms with Gasteiger partial charge < -0.3 is 10.4 Å². The maximum absolute atomic E-state index is 9.17. The van der Waals surface area contributed by atoms with Crippen LogP contribution >= 0.6 is 24.8 Å². The van der Waals surface area contributed by atoms with Gasteiger partial charge in [-0.3, -0.25) is 4.90 Å². The first-order valence-electron chi connectivity index (χ1n) is 5.96.